The van der Waals surface area contributed by atoms with Crippen molar-refractivity contribution in [2.24, 2.45) is 11.7 Å². The van der Waals surface area contributed by atoms with Crippen LogP contribution in [-0.2, 0) is 39.5 Å². The summed E-state index contributed by atoms with van der Waals surface area (Å²) in [5, 5.41) is 0. The Balaban J connectivity index is 1.99. The van der Waals surface area contributed by atoms with Gasteiger partial charge in [-0.1, -0.05) is 44.2 Å². The minimum absolute atomic E-state index is 0.0262. The molecule has 12 nitrogen and oxygen atoms in total. The molecule has 0 aliphatic carbocycles. The van der Waals surface area contributed by atoms with Gasteiger partial charge in [-0.2, -0.15) is 4.31 Å². The van der Waals surface area contributed by atoms with Crippen LogP contribution in [0, 0.1) is 5.92 Å². The zero-order valence-corrected chi connectivity index (χ0v) is 23.6. The van der Waals surface area contributed by atoms with Crippen molar-refractivity contribution in [3.8, 4) is 0 Å². The van der Waals surface area contributed by atoms with Gasteiger partial charge in [0.2, 0.25) is 10.0 Å². The van der Waals surface area contributed by atoms with Crippen molar-refractivity contribution in [2.75, 3.05) is 32.0 Å². The zero-order chi connectivity index (χ0) is 28.6. The smallest absolute Gasteiger partial charge is 0.443 e. The molecule has 0 bridgehead atoms. The quantitative estimate of drug-likeness (QED) is 0.220. The number of primary amides is 1. The Labute approximate surface area is 228 Å². The van der Waals surface area contributed by atoms with Gasteiger partial charge < -0.3 is 25.8 Å². The number of nitrogens with zero attached hydrogens (tertiary/aromatic N) is 1. The SMILES string of the molecule is CC(C)CN(C[C@@H](OP(=O)(O)O[C@@H]1CCOC1)[C@H](Cc1ccccc1)OC(N)=O)S(=O)(=O)c1ccc(N)cc1. The third-order valence-electron chi connectivity index (χ3n) is 5.87. The number of carbonyl (C=O) groups excluding carboxylic acids is 1. The number of phosphoric acid groups is 1. The van der Waals surface area contributed by atoms with Gasteiger partial charge >= 0.3 is 13.9 Å². The Morgan fingerprint density at radius 3 is 2.36 bits per heavy atom. The third-order valence-corrected chi connectivity index (χ3v) is 8.82. The van der Waals surface area contributed by atoms with E-state index in [0.717, 1.165) is 4.31 Å². The summed E-state index contributed by atoms with van der Waals surface area (Å²) in [4.78, 5) is 22.5. The second-order valence-corrected chi connectivity index (χ2v) is 13.0. The van der Waals surface area contributed by atoms with Crippen LogP contribution in [0.15, 0.2) is 59.5 Å². The van der Waals surface area contributed by atoms with Crippen LogP contribution in [0.2, 0.25) is 0 Å². The number of hydrogen-bond donors (Lipinski definition) is 3. The third kappa shape index (κ3) is 9.57. The monoisotopic (exact) mass is 585 g/mol. The second kappa shape index (κ2) is 13.7. The fourth-order valence-corrected chi connectivity index (χ4v) is 6.86. The Kier molecular flexibility index (Phi) is 10.9. The number of sulfonamides is 1. The number of benzene rings is 2. The Hall–Kier alpha value is -2.51. The molecule has 0 spiro atoms. The summed E-state index contributed by atoms with van der Waals surface area (Å²) in [6.45, 7) is 3.71. The van der Waals surface area contributed by atoms with Gasteiger partial charge in [-0.25, -0.2) is 17.8 Å². The van der Waals surface area contributed by atoms with Crippen LogP contribution in [0.5, 0.6) is 0 Å². The van der Waals surface area contributed by atoms with Crippen molar-refractivity contribution in [3.05, 3.63) is 60.2 Å². The summed E-state index contributed by atoms with van der Waals surface area (Å²) in [5.41, 5.74) is 12.2. The summed E-state index contributed by atoms with van der Waals surface area (Å²) in [5.74, 6) is -0.133. The van der Waals surface area contributed by atoms with Gasteiger partial charge in [-0.15, -0.1) is 0 Å². The average molecular weight is 586 g/mol. The first kappa shape index (κ1) is 31.0. The number of amides is 1. The lowest BCUT2D eigenvalue weighted by Crippen LogP contribution is -2.47. The van der Waals surface area contributed by atoms with Gasteiger partial charge in [0.05, 0.1) is 17.6 Å². The van der Waals surface area contributed by atoms with Gasteiger partial charge in [0.25, 0.3) is 0 Å². The average Bonchev–Trinajstić information content (AvgIpc) is 3.35. The molecule has 1 fully saturated rings. The number of ether oxygens (including phenoxy) is 2. The van der Waals surface area contributed by atoms with Crippen molar-refractivity contribution in [1.29, 1.82) is 0 Å². The fraction of sp³-hybridized carbons (Fsp3) is 0.480. The second-order valence-electron chi connectivity index (χ2n) is 9.65. The highest BCUT2D eigenvalue weighted by molar-refractivity contribution is 7.89. The summed E-state index contributed by atoms with van der Waals surface area (Å²) < 4.78 is 63.0. The highest BCUT2D eigenvalue weighted by Gasteiger charge is 2.40. The van der Waals surface area contributed by atoms with Crippen LogP contribution in [0.25, 0.3) is 0 Å². The Bertz CT molecular complexity index is 1220. The molecule has 2 aromatic carbocycles. The molecule has 1 saturated heterocycles. The largest absolute Gasteiger partial charge is 0.472 e. The van der Waals surface area contributed by atoms with Gasteiger partial charge in [0.1, 0.15) is 12.2 Å². The van der Waals surface area contributed by atoms with Crippen LogP contribution in [0.3, 0.4) is 0 Å². The molecule has 2 aromatic rings. The molecule has 4 atom stereocenters. The minimum Gasteiger partial charge on any atom is -0.443 e. The van der Waals surface area contributed by atoms with Crippen LogP contribution in [0.1, 0.15) is 25.8 Å². The van der Waals surface area contributed by atoms with Crippen molar-refractivity contribution < 1.29 is 41.2 Å². The number of hydrogen-bond acceptors (Lipinski definition) is 9. The summed E-state index contributed by atoms with van der Waals surface area (Å²) in [6.07, 6.45) is -4.09. The number of nitrogen functional groups attached to an aromatic ring is 1. The highest BCUT2D eigenvalue weighted by atomic mass is 32.2. The van der Waals surface area contributed by atoms with E-state index >= 15 is 0 Å². The van der Waals surface area contributed by atoms with Crippen molar-refractivity contribution >= 4 is 29.6 Å². The van der Waals surface area contributed by atoms with Gasteiger partial charge in [-0.05, 0) is 42.2 Å². The number of anilines is 1. The van der Waals surface area contributed by atoms with E-state index in [1.165, 1.54) is 24.3 Å². The lowest BCUT2D eigenvalue weighted by Gasteiger charge is -2.33. The summed E-state index contributed by atoms with van der Waals surface area (Å²) >= 11 is 0. The van der Waals surface area contributed by atoms with E-state index in [1.807, 2.05) is 13.8 Å². The van der Waals surface area contributed by atoms with E-state index in [4.69, 9.17) is 30.0 Å². The maximum absolute atomic E-state index is 13.7. The maximum atomic E-state index is 13.7. The fourth-order valence-electron chi connectivity index (χ4n) is 4.11. The molecule has 1 unspecified atom stereocenters. The Morgan fingerprint density at radius 2 is 1.79 bits per heavy atom. The molecule has 5 N–H and O–H groups in total. The molecule has 0 aromatic heterocycles. The molecule has 39 heavy (non-hydrogen) atoms. The molecule has 1 aliphatic rings. The Morgan fingerprint density at radius 1 is 1.13 bits per heavy atom. The van der Waals surface area contributed by atoms with E-state index in [1.54, 1.807) is 30.3 Å². The van der Waals surface area contributed by atoms with E-state index in [2.05, 4.69) is 0 Å². The molecule has 1 heterocycles. The van der Waals surface area contributed by atoms with E-state index in [-0.39, 0.29) is 30.4 Å². The van der Waals surface area contributed by atoms with Crippen molar-refractivity contribution in [3.63, 3.8) is 0 Å². The summed E-state index contributed by atoms with van der Waals surface area (Å²) in [7, 11) is -8.90. The van der Waals surface area contributed by atoms with Gasteiger partial charge in [0.15, 0.2) is 0 Å². The minimum atomic E-state index is -4.77. The first-order valence-corrected chi connectivity index (χ1v) is 15.4. The number of carbonyl (C=O) groups is 1. The number of rotatable bonds is 14. The predicted molar refractivity (Wildman–Crippen MR) is 144 cm³/mol. The molecule has 1 aliphatic heterocycles. The maximum Gasteiger partial charge on any atom is 0.472 e. The number of nitrogens with two attached hydrogens (primary N) is 2. The van der Waals surface area contributed by atoms with Crippen molar-refractivity contribution in [1.82, 2.24) is 4.31 Å². The van der Waals surface area contributed by atoms with E-state index < -0.39 is 48.8 Å². The van der Waals surface area contributed by atoms with Crippen LogP contribution in [0.4, 0.5) is 10.5 Å². The first-order valence-electron chi connectivity index (χ1n) is 12.5. The normalized spacial score (nSPS) is 19.1. The van der Waals surface area contributed by atoms with Crippen LogP contribution < -0.4 is 11.5 Å². The zero-order valence-electron chi connectivity index (χ0n) is 21.9. The lowest BCUT2D eigenvalue weighted by atomic mass is 10.0. The molecule has 3 rings (SSSR count). The predicted octanol–water partition coefficient (Wildman–Crippen LogP) is 2.91. The first-order chi connectivity index (χ1) is 18.4. The molecule has 14 heteroatoms. The van der Waals surface area contributed by atoms with Crippen LogP contribution in [-0.4, -0.2) is 68.3 Å². The molecular weight excluding hydrogens is 549 g/mol. The topological polar surface area (TPSA) is 181 Å². The van der Waals surface area contributed by atoms with E-state index in [9.17, 15) is 22.7 Å². The lowest BCUT2D eigenvalue weighted by molar-refractivity contribution is -0.0142. The highest BCUT2D eigenvalue weighted by Crippen LogP contribution is 2.48. The molecule has 0 saturated carbocycles. The summed E-state index contributed by atoms with van der Waals surface area (Å²) in [6, 6.07) is 14.5. The van der Waals surface area contributed by atoms with Gasteiger partial charge in [0, 0.05) is 31.8 Å². The standard InChI is InChI=1S/C25H36N3O9PS/c1-18(2)15-28(39(32,33)22-10-8-20(26)9-11-22)16-24(37-38(30,31)36-21-12-13-34-17-21)23(35-25(27)29)14-19-6-4-3-5-7-19/h3-11,18,21,23-24H,12-17,26H2,1-2H3,(H2,27,29)(H,30,31)/t21-,23+,24-/m1/s1. The van der Waals surface area contributed by atoms with Gasteiger partial charge in [-0.3, -0.25) is 9.05 Å². The molecule has 0 radical (unpaired) electrons. The molecular formula is C25H36N3O9PS. The van der Waals surface area contributed by atoms with E-state index in [0.29, 0.717) is 24.3 Å². The van der Waals surface area contributed by atoms with Crippen molar-refractivity contribution in [2.45, 2.75) is 49.9 Å². The number of phosphoric ester groups is 1. The molecule has 1 amide bonds. The molecule has 216 valence electrons. The van der Waals surface area contributed by atoms with Crippen LogP contribution >= 0.6 is 7.82 Å².